The zero-order valence-corrected chi connectivity index (χ0v) is 8.57. The first-order valence-electron chi connectivity index (χ1n) is 4.48. The largest absolute Gasteiger partial charge is 0.423 e. The predicted octanol–water partition coefficient (Wildman–Crippen LogP) is 1.73. The third kappa shape index (κ3) is 2.57. The van der Waals surface area contributed by atoms with Crippen molar-refractivity contribution >= 4 is 5.57 Å². The van der Waals surface area contributed by atoms with Crippen LogP contribution in [-0.4, -0.2) is 11.2 Å². The van der Waals surface area contributed by atoms with E-state index in [1.165, 1.54) is 0 Å². The Kier molecular flexibility index (Phi) is 3.25. The fourth-order valence-electron chi connectivity index (χ4n) is 1.14. The lowest BCUT2D eigenvalue weighted by molar-refractivity contribution is 0.244. The van der Waals surface area contributed by atoms with Crippen LogP contribution in [0.5, 0.6) is 0 Å². The van der Waals surface area contributed by atoms with Crippen molar-refractivity contribution in [3.05, 3.63) is 40.0 Å². The van der Waals surface area contributed by atoms with E-state index in [4.69, 9.17) is 9.52 Å². The highest BCUT2D eigenvalue weighted by Gasteiger charge is 2.02. The van der Waals surface area contributed by atoms with Gasteiger partial charge in [0.1, 0.15) is 5.76 Å². The monoisotopic (exact) mass is 194 g/mol. The van der Waals surface area contributed by atoms with E-state index < -0.39 is 6.10 Å². The highest BCUT2D eigenvalue weighted by molar-refractivity contribution is 5.59. The van der Waals surface area contributed by atoms with Crippen LogP contribution in [0.2, 0.25) is 0 Å². The molecule has 1 aromatic heterocycles. The van der Waals surface area contributed by atoms with Crippen molar-refractivity contribution in [1.29, 1.82) is 0 Å². The lowest BCUT2D eigenvalue weighted by Crippen LogP contribution is -2.04. The summed E-state index contributed by atoms with van der Waals surface area (Å²) in [5.41, 5.74) is 1.01. The maximum atomic E-state index is 11.2. The van der Waals surface area contributed by atoms with E-state index >= 15 is 0 Å². The standard InChI is InChI=1S/C11H14O3/c1-7-4-5-10(14-11(7)13)8(2)6-9(3)12/h4-6,9,12H,1-3H3/b8-6+. The first kappa shape index (κ1) is 10.7. The first-order valence-corrected chi connectivity index (χ1v) is 4.48. The molecule has 14 heavy (non-hydrogen) atoms. The fourth-order valence-corrected chi connectivity index (χ4v) is 1.14. The van der Waals surface area contributed by atoms with Gasteiger partial charge in [-0.25, -0.2) is 4.79 Å². The van der Waals surface area contributed by atoms with Crippen LogP contribution in [0, 0.1) is 6.92 Å². The van der Waals surface area contributed by atoms with E-state index in [9.17, 15) is 4.79 Å². The quantitative estimate of drug-likeness (QED) is 0.780. The van der Waals surface area contributed by atoms with Crippen molar-refractivity contribution < 1.29 is 9.52 Å². The molecule has 1 N–H and O–H groups in total. The summed E-state index contributed by atoms with van der Waals surface area (Å²) >= 11 is 0. The smallest absolute Gasteiger partial charge is 0.339 e. The molecule has 0 spiro atoms. The van der Waals surface area contributed by atoms with Crippen LogP contribution < -0.4 is 5.63 Å². The summed E-state index contributed by atoms with van der Waals surface area (Å²) in [6.45, 7) is 5.14. The van der Waals surface area contributed by atoms with Gasteiger partial charge in [0, 0.05) is 5.56 Å². The van der Waals surface area contributed by atoms with Crippen LogP contribution in [0.3, 0.4) is 0 Å². The Balaban J connectivity index is 3.09. The van der Waals surface area contributed by atoms with Crippen molar-refractivity contribution in [2.75, 3.05) is 0 Å². The van der Waals surface area contributed by atoms with Crippen LogP contribution in [0.15, 0.2) is 27.4 Å². The SMILES string of the molecule is C/C(=C\C(C)O)c1ccc(C)c(=O)o1. The maximum absolute atomic E-state index is 11.2. The summed E-state index contributed by atoms with van der Waals surface area (Å²) in [5.74, 6) is 0.501. The number of aliphatic hydroxyl groups excluding tert-OH is 1. The van der Waals surface area contributed by atoms with Crippen molar-refractivity contribution in [1.82, 2.24) is 0 Å². The van der Waals surface area contributed by atoms with Crippen molar-refractivity contribution in [3.8, 4) is 0 Å². The lowest BCUT2D eigenvalue weighted by atomic mass is 10.1. The number of aryl methyl sites for hydroxylation is 1. The lowest BCUT2D eigenvalue weighted by Gasteiger charge is -2.02. The third-order valence-corrected chi connectivity index (χ3v) is 1.89. The Morgan fingerprint density at radius 2 is 2.21 bits per heavy atom. The summed E-state index contributed by atoms with van der Waals surface area (Å²) < 4.78 is 5.04. The maximum Gasteiger partial charge on any atom is 0.339 e. The fraction of sp³-hybridized carbons (Fsp3) is 0.364. The molecule has 1 heterocycles. The minimum Gasteiger partial charge on any atom is -0.423 e. The van der Waals surface area contributed by atoms with Crippen LogP contribution in [-0.2, 0) is 0 Å². The molecular weight excluding hydrogens is 180 g/mol. The van der Waals surface area contributed by atoms with Crippen LogP contribution in [0.25, 0.3) is 5.57 Å². The van der Waals surface area contributed by atoms with Gasteiger partial charge in [0.15, 0.2) is 0 Å². The molecule has 0 aliphatic rings. The highest BCUT2D eigenvalue weighted by atomic mass is 16.4. The molecule has 1 unspecified atom stereocenters. The van der Waals surface area contributed by atoms with Gasteiger partial charge in [-0.3, -0.25) is 0 Å². The number of hydrogen-bond acceptors (Lipinski definition) is 3. The number of aliphatic hydroxyl groups is 1. The topological polar surface area (TPSA) is 50.4 Å². The van der Waals surface area contributed by atoms with Gasteiger partial charge in [0.2, 0.25) is 0 Å². The molecule has 0 radical (unpaired) electrons. The predicted molar refractivity (Wildman–Crippen MR) is 55.0 cm³/mol. The summed E-state index contributed by atoms with van der Waals surface area (Å²) in [5, 5.41) is 9.11. The van der Waals surface area contributed by atoms with E-state index in [1.54, 1.807) is 39.0 Å². The molecule has 0 aliphatic carbocycles. The molecule has 3 heteroatoms. The molecule has 0 saturated carbocycles. The molecule has 1 rings (SSSR count). The summed E-state index contributed by atoms with van der Waals surface area (Å²) in [6, 6.07) is 3.44. The minimum absolute atomic E-state index is 0.333. The first-order chi connectivity index (χ1) is 6.50. The number of hydrogen-bond donors (Lipinski definition) is 1. The Labute approximate surface area is 82.7 Å². The molecule has 0 amide bonds. The van der Waals surface area contributed by atoms with E-state index in [2.05, 4.69) is 0 Å². The van der Waals surface area contributed by atoms with E-state index in [-0.39, 0.29) is 5.63 Å². The summed E-state index contributed by atoms with van der Waals surface area (Å²) in [4.78, 5) is 11.2. The number of allylic oxidation sites excluding steroid dienone is 1. The van der Waals surface area contributed by atoms with Crippen molar-refractivity contribution in [2.24, 2.45) is 0 Å². The molecule has 1 atom stereocenters. The molecule has 76 valence electrons. The minimum atomic E-state index is -0.540. The molecule has 0 aliphatic heterocycles. The van der Waals surface area contributed by atoms with Crippen molar-refractivity contribution in [3.63, 3.8) is 0 Å². The third-order valence-electron chi connectivity index (χ3n) is 1.89. The van der Waals surface area contributed by atoms with Crippen LogP contribution in [0.1, 0.15) is 25.2 Å². The molecule has 1 aromatic rings. The molecule has 3 nitrogen and oxygen atoms in total. The second-order valence-electron chi connectivity index (χ2n) is 3.36. The normalized spacial score (nSPS) is 14.1. The van der Waals surface area contributed by atoms with Gasteiger partial charge < -0.3 is 9.52 Å². The molecular formula is C11H14O3. The Bertz CT molecular complexity index is 399. The van der Waals surface area contributed by atoms with Gasteiger partial charge >= 0.3 is 5.63 Å². The molecule has 0 aromatic carbocycles. The Hall–Kier alpha value is -1.35. The van der Waals surface area contributed by atoms with E-state index in [1.807, 2.05) is 0 Å². The second kappa shape index (κ2) is 4.24. The van der Waals surface area contributed by atoms with E-state index in [0.717, 1.165) is 5.57 Å². The zero-order chi connectivity index (χ0) is 10.7. The van der Waals surface area contributed by atoms with Crippen LogP contribution in [0.4, 0.5) is 0 Å². The summed E-state index contributed by atoms with van der Waals surface area (Å²) in [7, 11) is 0. The van der Waals surface area contributed by atoms with Crippen LogP contribution >= 0.6 is 0 Å². The summed E-state index contributed by atoms with van der Waals surface area (Å²) in [6.07, 6.45) is 1.09. The van der Waals surface area contributed by atoms with Gasteiger partial charge in [-0.15, -0.1) is 0 Å². The average molecular weight is 194 g/mol. The van der Waals surface area contributed by atoms with E-state index in [0.29, 0.717) is 11.3 Å². The molecule has 0 bridgehead atoms. The van der Waals surface area contributed by atoms with Gasteiger partial charge in [-0.1, -0.05) is 0 Å². The Morgan fingerprint density at radius 1 is 1.57 bits per heavy atom. The second-order valence-corrected chi connectivity index (χ2v) is 3.36. The average Bonchev–Trinajstić information content (AvgIpc) is 2.08. The zero-order valence-electron chi connectivity index (χ0n) is 8.57. The number of rotatable bonds is 2. The Morgan fingerprint density at radius 3 is 2.71 bits per heavy atom. The molecule has 0 saturated heterocycles. The van der Waals surface area contributed by atoms with Gasteiger partial charge in [-0.2, -0.15) is 0 Å². The van der Waals surface area contributed by atoms with Gasteiger partial charge in [-0.05, 0) is 44.6 Å². The van der Waals surface area contributed by atoms with Crippen molar-refractivity contribution in [2.45, 2.75) is 26.9 Å². The highest BCUT2D eigenvalue weighted by Crippen LogP contribution is 2.12. The molecule has 0 fully saturated rings. The van der Waals surface area contributed by atoms with Gasteiger partial charge in [0.05, 0.1) is 6.10 Å². The van der Waals surface area contributed by atoms with Gasteiger partial charge in [0.25, 0.3) is 0 Å².